The molecule has 0 unspecified atom stereocenters. The van der Waals surface area contributed by atoms with Gasteiger partial charge in [-0.15, -0.1) is 0 Å². The number of carbonyl (C=O) groups is 2. The predicted octanol–water partition coefficient (Wildman–Crippen LogP) is 3.57. The molecule has 0 aliphatic carbocycles. The molecule has 6 nitrogen and oxygen atoms in total. The number of benzene rings is 1. The number of nitrogens with zero attached hydrogens (tertiary/aromatic N) is 3. The second kappa shape index (κ2) is 9.39. The lowest BCUT2D eigenvalue weighted by atomic mass is 10.1. The Hall–Kier alpha value is -2.41. The van der Waals surface area contributed by atoms with Crippen molar-refractivity contribution in [2.45, 2.75) is 46.1 Å². The van der Waals surface area contributed by atoms with E-state index in [0.29, 0.717) is 22.7 Å². The topological polar surface area (TPSA) is 62.6 Å². The van der Waals surface area contributed by atoms with Crippen molar-refractivity contribution >= 4 is 28.7 Å². The maximum Gasteiger partial charge on any atom is 0.308 e. The summed E-state index contributed by atoms with van der Waals surface area (Å²) in [5, 5.41) is 0. The van der Waals surface area contributed by atoms with Crippen molar-refractivity contribution in [3.63, 3.8) is 0 Å². The van der Waals surface area contributed by atoms with E-state index in [1.807, 2.05) is 24.3 Å². The Morgan fingerprint density at radius 2 is 1.79 bits per heavy atom. The molecule has 1 aromatic carbocycles. The van der Waals surface area contributed by atoms with E-state index in [-0.39, 0.29) is 23.1 Å². The van der Waals surface area contributed by atoms with Crippen LogP contribution in [0.3, 0.4) is 0 Å². The largest absolute Gasteiger partial charge is 0.372 e. The molecular formula is C22H29N3O3S. The minimum atomic E-state index is -0.267. The summed E-state index contributed by atoms with van der Waals surface area (Å²) in [5.74, 6) is -0.279. The zero-order chi connectivity index (χ0) is 21.0. The van der Waals surface area contributed by atoms with Gasteiger partial charge in [0.15, 0.2) is 5.78 Å². The molecule has 1 aromatic heterocycles. The van der Waals surface area contributed by atoms with Crippen molar-refractivity contribution in [1.82, 2.24) is 9.47 Å². The molecule has 7 heteroatoms. The van der Waals surface area contributed by atoms with Crippen LogP contribution in [-0.4, -0.2) is 47.8 Å². The van der Waals surface area contributed by atoms with Gasteiger partial charge in [-0.3, -0.25) is 19.0 Å². The fraction of sp³-hybridized carbons (Fsp3) is 0.500. The van der Waals surface area contributed by atoms with Gasteiger partial charge in [-0.05, 0) is 50.5 Å². The van der Waals surface area contributed by atoms with Crippen LogP contribution in [0, 0.1) is 6.92 Å². The molecule has 1 saturated heterocycles. The highest BCUT2D eigenvalue weighted by molar-refractivity contribution is 7.11. The third kappa shape index (κ3) is 4.78. The van der Waals surface area contributed by atoms with Crippen LogP contribution in [-0.2, 0) is 6.54 Å². The number of aromatic nitrogens is 1. The van der Waals surface area contributed by atoms with Gasteiger partial charge >= 0.3 is 4.87 Å². The highest BCUT2D eigenvalue weighted by atomic mass is 32.1. The Morgan fingerprint density at radius 1 is 1.14 bits per heavy atom. The monoisotopic (exact) mass is 415 g/mol. The normalized spacial score (nSPS) is 13.7. The molecule has 1 aliphatic heterocycles. The van der Waals surface area contributed by atoms with E-state index in [2.05, 4.69) is 11.8 Å². The average Bonchev–Trinajstić information content (AvgIpc) is 3.36. The van der Waals surface area contributed by atoms with Crippen molar-refractivity contribution in [2.75, 3.05) is 31.6 Å². The molecule has 2 aromatic rings. The summed E-state index contributed by atoms with van der Waals surface area (Å²) in [5.41, 5.74) is 2.28. The van der Waals surface area contributed by atoms with Crippen molar-refractivity contribution < 1.29 is 9.59 Å². The first-order valence-corrected chi connectivity index (χ1v) is 11.1. The van der Waals surface area contributed by atoms with Crippen molar-refractivity contribution in [3.8, 4) is 0 Å². The predicted molar refractivity (Wildman–Crippen MR) is 117 cm³/mol. The summed E-state index contributed by atoms with van der Waals surface area (Å²) in [7, 11) is 1.75. The number of amides is 1. The smallest absolute Gasteiger partial charge is 0.308 e. The molecule has 1 aliphatic rings. The van der Waals surface area contributed by atoms with Gasteiger partial charge in [0, 0.05) is 43.6 Å². The quantitative estimate of drug-likeness (QED) is 0.619. The first-order chi connectivity index (χ1) is 13.9. The molecule has 1 amide bonds. The van der Waals surface area contributed by atoms with Crippen molar-refractivity contribution in [2.24, 2.45) is 0 Å². The Morgan fingerprint density at radius 3 is 2.41 bits per heavy atom. The third-order valence-electron chi connectivity index (χ3n) is 5.49. The first kappa shape index (κ1) is 21.3. The number of unbranched alkanes of at least 4 members (excludes halogenated alkanes) is 1. The van der Waals surface area contributed by atoms with Gasteiger partial charge in [0.05, 0.1) is 6.54 Å². The number of hydrogen-bond acceptors (Lipinski definition) is 5. The molecule has 0 radical (unpaired) electrons. The van der Waals surface area contributed by atoms with Crippen LogP contribution in [0.4, 0.5) is 5.69 Å². The van der Waals surface area contributed by atoms with Gasteiger partial charge in [0.25, 0.3) is 5.91 Å². The second-order valence-corrected chi connectivity index (χ2v) is 8.57. The molecular weight excluding hydrogens is 386 g/mol. The Labute approximate surface area is 175 Å². The zero-order valence-corrected chi connectivity index (χ0v) is 18.3. The number of thiazole rings is 1. The summed E-state index contributed by atoms with van der Waals surface area (Å²) < 4.78 is 1.42. The Balaban J connectivity index is 1.72. The fourth-order valence-corrected chi connectivity index (χ4v) is 4.58. The number of anilines is 1. The van der Waals surface area contributed by atoms with Gasteiger partial charge in [-0.25, -0.2) is 0 Å². The molecule has 2 heterocycles. The van der Waals surface area contributed by atoms with Crippen LogP contribution >= 0.6 is 11.3 Å². The summed E-state index contributed by atoms with van der Waals surface area (Å²) in [6, 6.07) is 7.60. The molecule has 156 valence electrons. The number of Topliss-reactive ketones (excluding diaryl/α,β-unsaturated/α-hetero) is 1. The van der Waals surface area contributed by atoms with E-state index in [9.17, 15) is 14.4 Å². The molecule has 1 fully saturated rings. The van der Waals surface area contributed by atoms with E-state index in [4.69, 9.17) is 0 Å². The van der Waals surface area contributed by atoms with Crippen LogP contribution in [0.2, 0.25) is 0 Å². The minimum Gasteiger partial charge on any atom is -0.372 e. The zero-order valence-electron chi connectivity index (χ0n) is 17.4. The van der Waals surface area contributed by atoms with Gasteiger partial charge in [0.2, 0.25) is 0 Å². The fourth-order valence-electron chi connectivity index (χ4n) is 3.60. The van der Waals surface area contributed by atoms with Crippen molar-refractivity contribution in [3.05, 3.63) is 50.1 Å². The van der Waals surface area contributed by atoms with Crippen LogP contribution in [0.15, 0.2) is 29.1 Å². The van der Waals surface area contributed by atoms with Crippen molar-refractivity contribution in [1.29, 1.82) is 0 Å². The molecule has 3 rings (SSSR count). The first-order valence-electron chi connectivity index (χ1n) is 10.3. The number of ketones is 1. The summed E-state index contributed by atoms with van der Waals surface area (Å²) in [6.45, 7) is 6.53. The van der Waals surface area contributed by atoms with Crippen LogP contribution in [0.1, 0.15) is 58.3 Å². The summed E-state index contributed by atoms with van der Waals surface area (Å²) in [4.78, 5) is 42.0. The van der Waals surface area contributed by atoms with E-state index in [0.717, 1.165) is 43.0 Å². The lowest BCUT2D eigenvalue weighted by Crippen LogP contribution is -2.28. The molecule has 0 N–H and O–H groups in total. The van der Waals surface area contributed by atoms with Gasteiger partial charge in [0.1, 0.15) is 4.88 Å². The maximum atomic E-state index is 12.7. The minimum absolute atomic E-state index is 0.0455. The average molecular weight is 416 g/mol. The van der Waals surface area contributed by atoms with Crippen LogP contribution in [0.5, 0.6) is 0 Å². The Kier molecular flexibility index (Phi) is 6.90. The van der Waals surface area contributed by atoms with E-state index >= 15 is 0 Å². The third-order valence-corrected chi connectivity index (χ3v) is 6.56. The highest BCUT2D eigenvalue weighted by Gasteiger charge is 2.22. The Bertz CT molecular complexity index is 924. The lowest BCUT2D eigenvalue weighted by molar-refractivity contribution is 0.0795. The van der Waals surface area contributed by atoms with Gasteiger partial charge < -0.3 is 9.80 Å². The lowest BCUT2D eigenvalue weighted by Gasteiger charge is -2.17. The van der Waals surface area contributed by atoms with Crippen LogP contribution < -0.4 is 9.77 Å². The van der Waals surface area contributed by atoms with Gasteiger partial charge in [-0.2, -0.15) is 0 Å². The van der Waals surface area contributed by atoms with E-state index in [1.54, 1.807) is 18.9 Å². The van der Waals surface area contributed by atoms with E-state index in [1.165, 1.54) is 17.4 Å². The molecule has 0 saturated carbocycles. The van der Waals surface area contributed by atoms with Gasteiger partial charge in [-0.1, -0.05) is 24.7 Å². The highest BCUT2D eigenvalue weighted by Crippen LogP contribution is 2.21. The number of rotatable bonds is 8. The van der Waals surface area contributed by atoms with Crippen LogP contribution in [0.25, 0.3) is 0 Å². The maximum absolute atomic E-state index is 12.7. The molecule has 0 spiro atoms. The molecule has 0 bridgehead atoms. The SMILES string of the molecule is CCCCN(C)C(=O)c1sc(=O)n(CC(=O)c2ccc(N3CCCC3)cc2)c1C. The molecule has 0 atom stereocenters. The second-order valence-electron chi connectivity index (χ2n) is 7.61. The summed E-state index contributed by atoms with van der Waals surface area (Å²) >= 11 is 0.925. The number of carbonyl (C=O) groups excluding carboxylic acids is 2. The standard InChI is InChI=1S/C22H29N3O3S/c1-4-5-12-23(3)21(27)20-16(2)25(22(28)29-20)15-19(26)17-8-10-18(11-9-17)24-13-6-7-14-24/h8-11H,4-7,12-15H2,1-3H3. The molecule has 29 heavy (non-hydrogen) atoms. The summed E-state index contributed by atoms with van der Waals surface area (Å²) in [6.07, 6.45) is 4.33. The number of hydrogen-bond donors (Lipinski definition) is 0. The van der Waals surface area contributed by atoms with E-state index < -0.39 is 0 Å².